The molecule has 0 aromatic carbocycles. The number of hydrogen-bond donors (Lipinski definition) is 4. The summed E-state index contributed by atoms with van der Waals surface area (Å²) in [7, 11) is 0. The van der Waals surface area contributed by atoms with Crippen molar-refractivity contribution in [2.24, 2.45) is 0 Å². The molecule has 0 saturated carbocycles. The van der Waals surface area contributed by atoms with Crippen molar-refractivity contribution in [2.45, 2.75) is 65.0 Å². The Balaban J connectivity index is -0.0000000480. The molecule has 4 unspecified atom stereocenters. The predicted octanol–water partition coefficient (Wildman–Crippen LogP) is -1.57. The smallest absolute Gasteiger partial charge is 0.0536 e. The zero-order chi connectivity index (χ0) is 11.7. The van der Waals surface area contributed by atoms with Gasteiger partial charge in [-0.15, -0.1) is 0 Å². The Labute approximate surface area is 114 Å². The van der Waals surface area contributed by atoms with Gasteiger partial charge in [-0.3, -0.25) is 0 Å². The minimum absolute atomic E-state index is 0. The average Bonchev–Trinajstić information content (AvgIpc) is 1.79. The molecule has 0 aliphatic heterocycles. The van der Waals surface area contributed by atoms with E-state index in [1.165, 1.54) is 0 Å². The summed E-state index contributed by atoms with van der Waals surface area (Å²) in [6.45, 7) is 6.64. The molecule has 0 aromatic rings. The minimum atomic E-state index is -0.375. The normalized spacial score (nSPS) is 15.5. The Morgan fingerprint density at radius 2 is 0.706 bits per heavy atom. The Morgan fingerprint density at radius 1 is 0.588 bits per heavy atom. The molecule has 0 aliphatic carbocycles. The fraction of sp³-hybridized carbons (Fsp3) is 1.00. The van der Waals surface area contributed by atoms with E-state index in [-0.39, 0.29) is 52.7 Å². The second-order valence-electron chi connectivity index (χ2n) is 3.87. The molecule has 0 saturated heterocycles. The molecule has 4 atom stereocenters. The van der Waals surface area contributed by atoms with Gasteiger partial charge in [0, 0.05) is 17.4 Å². The second kappa shape index (κ2) is 18.7. The van der Waals surface area contributed by atoms with Gasteiger partial charge in [0.15, 0.2) is 0 Å². The molecule has 0 amide bonds. The molecule has 17 heavy (non-hydrogen) atoms. The summed E-state index contributed by atoms with van der Waals surface area (Å²) in [5.74, 6) is 0. The van der Waals surface area contributed by atoms with Crippen molar-refractivity contribution in [3.05, 3.63) is 0 Å². The Morgan fingerprint density at radius 3 is 0.706 bits per heavy atom. The maximum Gasteiger partial charge on any atom is 0.0536 e. The van der Waals surface area contributed by atoms with E-state index in [4.69, 9.17) is 20.4 Å². The van der Waals surface area contributed by atoms with Crippen LogP contribution in [0.5, 0.6) is 0 Å². The van der Waals surface area contributed by atoms with Crippen LogP contribution in [0.4, 0.5) is 0 Å². The molecular weight excluding hydrogens is 268 g/mol. The van der Waals surface area contributed by atoms with Crippen LogP contribution in [-0.2, 0) is 28.3 Å². The van der Waals surface area contributed by atoms with Gasteiger partial charge in [0.25, 0.3) is 0 Å². The summed E-state index contributed by atoms with van der Waals surface area (Å²) < 4.78 is 0. The van der Waals surface area contributed by atoms with E-state index in [0.29, 0.717) is 12.8 Å². The SMILES string of the molecule is CC(O)CC(C)O.CC(O)CC(C)O.[Cr].[OH3+].[OH3+]. The van der Waals surface area contributed by atoms with Crippen LogP contribution in [0.25, 0.3) is 0 Å². The summed E-state index contributed by atoms with van der Waals surface area (Å²) in [6, 6.07) is 0. The third-order valence-corrected chi connectivity index (χ3v) is 1.36. The quantitative estimate of drug-likeness (QED) is 0.464. The maximum absolute atomic E-state index is 8.56. The summed E-state index contributed by atoms with van der Waals surface area (Å²) in [5.41, 5.74) is 0. The van der Waals surface area contributed by atoms with Gasteiger partial charge in [0.05, 0.1) is 24.4 Å². The van der Waals surface area contributed by atoms with Gasteiger partial charge in [0.1, 0.15) is 0 Å². The summed E-state index contributed by atoms with van der Waals surface area (Å²) in [4.78, 5) is 0. The van der Waals surface area contributed by atoms with Crippen LogP contribution in [0.2, 0.25) is 0 Å². The van der Waals surface area contributed by atoms with E-state index in [1.54, 1.807) is 27.7 Å². The molecule has 0 heterocycles. The molecular formula is C10H30CrO6+2. The van der Waals surface area contributed by atoms with Crippen LogP contribution in [0.1, 0.15) is 40.5 Å². The van der Waals surface area contributed by atoms with Gasteiger partial charge < -0.3 is 31.4 Å². The Kier molecular flexibility index (Phi) is 33.3. The maximum atomic E-state index is 8.56. The zero-order valence-electron chi connectivity index (χ0n) is 11.1. The van der Waals surface area contributed by atoms with Gasteiger partial charge in [-0.25, -0.2) is 0 Å². The number of hydrogen-bond acceptors (Lipinski definition) is 4. The minimum Gasteiger partial charge on any atom is -0.457 e. The van der Waals surface area contributed by atoms with Crippen LogP contribution >= 0.6 is 0 Å². The van der Waals surface area contributed by atoms with Crippen LogP contribution in [0.3, 0.4) is 0 Å². The van der Waals surface area contributed by atoms with E-state index in [9.17, 15) is 0 Å². The van der Waals surface area contributed by atoms with Crippen molar-refractivity contribution >= 4 is 0 Å². The molecule has 110 valence electrons. The first-order chi connectivity index (χ1) is 6.25. The standard InChI is InChI=1S/2C5H12O2.Cr.2H2O/c2*1-4(6)3-5(2)7;;;/h2*4-7H,3H2,1-2H3;;2*1H2/p+2. The molecule has 6 nitrogen and oxygen atoms in total. The fourth-order valence-electron chi connectivity index (χ4n) is 0.987. The number of aliphatic hydroxyl groups is 4. The van der Waals surface area contributed by atoms with Crippen LogP contribution < -0.4 is 0 Å². The molecule has 0 fully saturated rings. The van der Waals surface area contributed by atoms with Crippen molar-refractivity contribution in [3.8, 4) is 0 Å². The molecule has 7 heteroatoms. The topological polar surface area (TPSA) is 147 Å². The zero-order valence-corrected chi connectivity index (χ0v) is 12.4. The van der Waals surface area contributed by atoms with Gasteiger partial charge in [-0.2, -0.15) is 0 Å². The fourth-order valence-corrected chi connectivity index (χ4v) is 0.987. The predicted molar refractivity (Wildman–Crippen MR) is 65.7 cm³/mol. The molecule has 0 bridgehead atoms. The van der Waals surface area contributed by atoms with Gasteiger partial charge >= 0.3 is 0 Å². The number of rotatable bonds is 4. The summed E-state index contributed by atoms with van der Waals surface area (Å²) >= 11 is 0. The average molecular weight is 298 g/mol. The Bertz CT molecular complexity index is 93.4. The third-order valence-electron chi connectivity index (χ3n) is 1.36. The number of aliphatic hydroxyl groups excluding tert-OH is 4. The van der Waals surface area contributed by atoms with Gasteiger partial charge in [0.2, 0.25) is 0 Å². The molecule has 0 radical (unpaired) electrons. The van der Waals surface area contributed by atoms with Gasteiger partial charge in [-0.05, 0) is 40.5 Å². The van der Waals surface area contributed by atoms with Crippen LogP contribution in [0, 0.1) is 0 Å². The van der Waals surface area contributed by atoms with Crippen molar-refractivity contribution < 1.29 is 48.7 Å². The first kappa shape index (κ1) is 30.4. The molecule has 0 spiro atoms. The monoisotopic (exact) mass is 298 g/mol. The third kappa shape index (κ3) is 48.4. The molecule has 0 aliphatic rings. The molecule has 0 rings (SSSR count). The summed E-state index contributed by atoms with van der Waals surface area (Å²) in [5, 5.41) is 34.3. The van der Waals surface area contributed by atoms with Crippen molar-refractivity contribution in [2.75, 3.05) is 0 Å². The largest absolute Gasteiger partial charge is 0.457 e. The van der Waals surface area contributed by atoms with Crippen LogP contribution in [0.15, 0.2) is 0 Å². The van der Waals surface area contributed by atoms with Crippen molar-refractivity contribution in [1.82, 2.24) is 0 Å². The van der Waals surface area contributed by atoms with Gasteiger partial charge in [-0.1, -0.05) is 0 Å². The van der Waals surface area contributed by atoms with E-state index >= 15 is 0 Å². The van der Waals surface area contributed by atoms with Crippen molar-refractivity contribution in [1.29, 1.82) is 0 Å². The summed E-state index contributed by atoms with van der Waals surface area (Å²) in [6.07, 6.45) is -0.556. The molecule has 0 aromatic heterocycles. The van der Waals surface area contributed by atoms with Crippen LogP contribution in [-0.4, -0.2) is 44.8 Å². The van der Waals surface area contributed by atoms with Crippen molar-refractivity contribution in [3.63, 3.8) is 0 Å². The second-order valence-corrected chi connectivity index (χ2v) is 3.87. The van der Waals surface area contributed by atoms with E-state index < -0.39 is 0 Å². The van der Waals surface area contributed by atoms with E-state index in [2.05, 4.69) is 0 Å². The first-order valence-electron chi connectivity index (χ1n) is 4.98. The molecule has 10 N–H and O–H groups in total. The van der Waals surface area contributed by atoms with E-state index in [0.717, 1.165) is 0 Å². The van der Waals surface area contributed by atoms with E-state index in [1.807, 2.05) is 0 Å². The Hall–Kier alpha value is 0.292. The first-order valence-corrected chi connectivity index (χ1v) is 4.98.